The van der Waals surface area contributed by atoms with Gasteiger partial charge in [-0.2, -0.15) is 0 Å². The van der Waals surface area contributed by atoms with Crippen LogP contribution in [-0.4, -0.2) is 17.8 Å². The first-order valence-electron chi connectivity index (χ1n) is 8.22. The first-order chi connectivity index (χ1) is 12.1. The maximum atomic E-state index is 12.3. The second-order valence-corrected chi connectivity index (χ2v) is 6.11. The van der Waals surface area contributed by atoms with E-state index >= 15 is 0 Å². The molecule has 4 amide bonds. The molecule has 2 N–H and O–H groups in total. The number of allylic oxidation sites excluding steroid dienone is 4. The highest BCUT2D eigenvalue weighted by molar-refractivity contribution is 6.30. The number of nitrogens with one attached hydrogen (secondary N) is 2. The van der Waals surface area contributed by atoms with Gasteiger partial charge in [0.05, 0.1) is 0 Å². The van der Waals surface area contributed by atoms with Crippen molar-refractivity contribution in [1.29, 1.82) is 0 Å². The molecule has 4 rings (SSSR count). The van der Waals surface area contributed by atoms with E-state index in [0.717, 1.165) is 42.6 Å². The number of hydrogen-bond donors (Lipinski definition) is 2. The number of carbonyl (C=O) groups is 3. The number of hydrogen-bond acceptors (Lipinski definition) is 4. The van der Waals surface area contributed by atoms with E-state index in [1.807, 2.05) is 30.3 Å². The highest BCUT2D eigenvalue weighted by Gasteiger charge is 2.34. The van der Waals surface area contributed by atoms with Crippen LogP contribution < -0.4 is 10.6 Å². The zero-order chi connectivity index (χ0) is 17.4. The molecule has 126 valence electrons. The number of urea groups is 1. The smallest absolute Gasteiger partial charge is 0.328 e. The summed E-state index contributed by atoms with van der Waals surface area (Å²) in [6.45, 7) is 0. The highest BCUT2D eigenvalue weighted by Crippen LogP contribution is 2.40. The molecule has 25 heavy (non-hydrogen) atoms. The van der Waals surface area contributed by atoms with Gasteiger partial charge >= 0.3 is 6.03 Å². The van der Waals surface area contributed by atoms with E-state index < -0.39 is 17.8 Å². The third kappa shape index (κ3) is 2.76. The Kier molecular flexibility index (Phi) is 3.72. The van der Waals surface area contributed by atoms with Crippen LogP contribution in [0, 0.1) is 0 Å². The normalized spacial score (nSPS) is 20.5. The Bertz CT molecular complexity index is 856. The number of amides is 4. The third-order valence-corrected chi connectivity index (χ3v) is 4.49. The molecule has 1 aromatic carbocycles. The van der Waals surface area contributed by atoms with Crippen LogP contribution in [0.25, 0.3) is 5.76 Å². The predicted molar refractivity (Wildman–Crippen MR) is 89.7 cm³/mol. The van der Waals surface area contributed by atoms with Gasteiger partial charge in [0.2, 0.25) is 0 Å². The molecule has 0 radical (unpaired) electrons. The van der Waals surface area contributed by atoms with Crippen LogP contribution in [0.1, 0.15) is 31.2 Å². The quantitative estimate of drug-likeness (QED) is 0.610. The summed E-state index contributed by atoms with van der Waals surface area (Å²) < 4.78 is 6.07. The third-order valence-electron chi connectivity index (χ3n) is 4.49. The van der Waals surface area contributed by atoms with Gasteiger partial charge in [-0.3, -0.25) is 20.2 Å². The van der Waals surface area contributed by atoms with E-state index in [-0.39, 0.29) is 5.57 Å². The summed E-state index contributed by atoms with van der Waals surface area (Å²) in [5.74, 6) is 0.0484. The van der Waals surface area contributed by atoms with Gasteiger partial charge in [0.15, 0.2) is 0 Å². The van der Waals surface area contributed by atoms with Crippen LogP contribution in [0.2, 0.25) is 0 Å². The molecule has 6 heteroatoms. The minimum Gasteiger partial charge on any atom is -0.461 e. The van der Waals surface area contributed by atoms with Crippen molar-refractivity contribution >= 4 is 23.6 Å². The molecule has 1 aromatic rings. The first-order valence-corrected chi connectivity index (χ1v) is 8.22. The van der Waals surface area contributed by atoms with E-state index in [1.165, 1.54) is 0 Å². The number of imide groups is 2. The molecule has 0 saturated carbocycles. The Hall–Kier alpha value is -3.15. The molecule has 0 atom stereocenters. The van der Waals surface area contributed by atoms with Crippen molar-refractivity contribution in [3.8, 4) is 0 Å². The van der Waals surface area contributed by atoms with Gasteiger partial charge in [-0.25, -0.2) is 4.79 Å². The molecule has 0 aromatic heterocycles. The van der Waals surface area contributed by atoms with Crippen molar-refractivity contribution < 1.29 is 19.1 Å². The fraction of sp³-hybridized carbons (Fsp3) is 0.211. The van der Waals surface area contributed by atoms with Crippen LogP contribution in [0.3, 0.4) is 0 Å². The maximum Gasteiger partial charge on any atom is 0.328 e. The summed E-state index contributed by atoms with van der Waals surface area (Å²) in [6, 6.07) is 8.73. The molecule has 0 bridgehead atoms. The Morgan fingerprint density at radius 2 is 1.56 bits per heavy atom. The number of carbonyl (C=O) groups excluding carboxylic acids is 3. The van der Waals surface area contributed by atoms with E-state index in [1.54, 1.807) is 6.08 Å². The second-order valence-electron chi connectivity index (χ2n) is 6.11. The average molecular weight is 336 g/mol. The lowest BCUT2D eigenvalue weighted by Gasteiger charge is -2.29. The maximum absolute atomic E-state index is 12.3. The van der Waals surface area contributed by atoms with Crippen molar-refractivity contribution in [3.05, 3.63) is 64.4 Å². The molecule has 1 saturated heterocycles. The zero-order valence-corrected chi connectivity index (χ0v) is 13.4. The fourth-order valence-corrected chi connectivity index (χ4v) is 3.33. The Morgan fingerprint density at radius 3 is 2.28 bits per heavy atom. The Labute approximate surface area is 144 Å². The van der Waals surface area contributed by atoms with E-state index in [9.17, 15) is 14.4 Å². The summed E-state index contributed by atoms with van der Waals surface area (Å²) in [7, 11) is 0. The number of rotatable bonds is 1. The molecule has 0 unspecified atom stereocenters. The molecule has 0 spiro atoms. The summed E-state index contributed by atoms with van der Waals surface area (Å²) in [6.07, 6.45) is 5.19. The van der Waals surface area contributed by atoms with Crippen molar-refractivity contribution in [1.82, 2.24) is 10.6 Å². The largest absolute Gasteiger partial charge is 0.461 e. The monoisotopic (exact) mass is 336 g/mol. The second kappa shape index (κ2) is 6.05. The minimum absolute atomic E-state index is 0.0364. The molecule has 1 fully saturated rings. The minimum atomic E-state index is -0.795. The lowest BCUT2D eigenvalue weighted by molar-refractivity contribution is -0.124. The van der Waals surface area contributed by atoms with Crippen LogP contribution in [0.4, 0.5) is 4.79 Å². The molecule has 2 heterocycles. The standard InChI is InChI=1S/C19H16N2O4/c22-17-16(18(23)21-19(24)20-17)13-10-15(11-6-2-1-3-7-11)25-14-9-5-4-8-12(13)14/h1-3,6-7,10H,4-5,8-9H2,(H2,20,21,22,23,24). The van der Waals surface area contributed by atoms with Crippen molar-refractivity contribution in [2.45, 2.75) is 25.7 Å². The van der Waals surface area contributed by atoms with Crippen LogP contribution in [0.15, 0.2) is 58.9 Å². The van der Waals surface area contributed by atoms with Crippen molar-refractivity contribution in [3.63, 3.8) is 0 Å². The van der Waals surface area contributed by atoms with E-state index in [4.69, 9.17) is 4.74 Å². The lowest BCUT2D eigenvalue weighted by Crippen LogP contribution is -2.52. The van der Waals surface area contributed by atoms with Gasteiger partial charge in [-0.05, 0) is 30.9 Å². The molecule has 3 aliphatic rings. The van der Waals surface area contributed by atoms with Crippen molar-refractivity contribution in [2.75, 3.05) is 0 Å². The molecular formula is C19H16N2O4. The highest BCUT2D eigenvalue weighted by atomic mass is 16.5. The van der Waals surface area contributed by atoms with Gasteiger partial charge in [0, 0.05) is 17.6 Å². The van der Waals surface area contributed by atoms with Crippen LogP contribution >= 0.6 is 0 Å². The van der Waals surface area contributed by atoms with Crippen LogP contribution in [0.5, 0.6) is 0 Å². The van der Waals surface area contributed by atoms with E-state index in [0.29, 0.717) is 11.3 Å². The van der Waals surface area contributed by atoms with Gasteiger partial charge < -0.3 is 4.74 Å². The lowest BCUT2D eigenvalue weighted by atomic mass is 9.86. The Balaban J connectivity index is 1.88. The molecule has 1 aliphatic carbocycles. The summed E-state index contributed by atoms with van der Waals surface area (Å²) in [4.78, 5) is 35.9. The number of ether oxygens (including phenoxy) is 1. The number of barbiturate groups is 1. The average Bonchev–Trinajstić information content (AvgIpc) is 2.61. The molecule has 2 aliphatic heterocycles. The van der Waals surface area contributed by atoms with Gasteiger partial charge in [-0.1, -0.05) is 30.3 Å². The summed E-state index contributed by atoms with van der Waals surface area (Å²) >= 11 is 0. The Morgan fingerprint density at radius 1 is 0.880 bits per heavy atom. The SMILES string of the molecule is O=C1NC(=O)C(=C2C=C(c3ccccc3)OC3=C2CCCC3)C(=O)N1. The molecule has 6 nitrogen and oxygen atoms in total. The molecular weight excluding hydrogens is 320 g/mol. The van der Waals surface area contributed by atoms with Gasteiger partial charge in [0.1, 0.15) is 17.1 Å². The topological polar surface area (TPSA) is 84.5 Å². The van der Waals surface area contributed by atoms with Crippen LogP contribution in [-0.2, 0) is 14.3 Å². The van der Waals surface area contributed by atoms with Crippen molar-refractivity contribution in [2.24, 2.45) is 0 Å². The summed E-state index contributed by atoms with van der Waals surface area (Å²) in [5.41, 5.74) is 2.25. The first kappa shape index (κ1) is 15.4. The van der Waals surface area contributed by atoms with E-state index in [2.05, 4.69) is 10.6 Å². The number of benzene rings is 1. The zero-order valence-electron chi connectivity index (χ0n) is 13.4. The summed E-state index contributed by atoms with van der Waals surface area (Å²) in [5, 5.41) is 4.29. The van der Waals surface area contributed by atoms with Gasteiger partial charge in [-0.15, -0.1) is 0 Å². The fourth-order valence-electron chi connectivity index (χ4n) is 3.33. The predicted octanol–water partition coefficient (Wildman–Crippen LogP) is 2.55. The van der Waals surface area contributed by atoms with Gasteiger partial charge in [0.25, 0.3) is 11.8 Å².